The van der Waals surface area contributed by atoms with Gasteiger partial charge in [-0.1, -0.05) is 32.7 Å². The molecule has 3 heterocycles. The van der Waals surface area contributed by atoms with E-state index in [1.165, 1.54) is 0 Å². The number of aromatic nitrogens is 5. The minimum atomic E-state index is -0.277. The Kier molecular flexibility index (Phi) is 3.93. The Hall–Kier alpha value is -2.45. The number of hydrogen-bond acceptors (Lipinski definition) is 5. The molecule has 0 aliphatic heterocycles. The largest absolute Gasteiger partial charge is 0.337 e. The molecule has 25 heavy (non-hydrogen) atoms. The van der Waals surface area contributed by atoms with Gasteiger partial charge in [0.05, 0.1) is 22.5 Å². The smallest absolute Gasteiger partial charge is 0.259 e. The van der Waals surface area contributed by atoms with Crippen molar-refractivity contribution >= 4 is 38.4 Å². The van der Waals surface area contributed by atoms with Gasteiger partial charge in [-0.2, -0.15) is 10.1 Å². The Morgan fingerprint density at radius 2 is 2.20 bits per heavy atom. The van der Waals surface area contributed by atoms with Crippen LogP contribution in [0.25, 0.3) is 22.3 Å². The van der Waals surface area contributed by atoms with Crippen LogP contribution in [-0.2, 0) is 6.54 Å². The quantitative estimate of drug-likeness (QED) is 0.547. The molecule has 0 unspecified atom stereocenters. The van der Waals surface area contributed by atoms with Gasteiger partial charge in [-0.3, -0.25) is 9.48 Å². The first kappa shape index (κ1) is 16.0. The van der Waals surface area contributed by atoms with Gasteiger partial charge in [0.25, 0.3) is 5.56 Å². The number of nitrogens with one attached hydrogen (secondary N) is 1. The summed E-state index contributed by atoms with van der Waals surface area (Å²) >= 11 is 9.41. The van der Waals surface area contributed by atoms with Crippen LogP contribution in [0.4, 0.5) is 0 Å². The van der Waals surface area contributed by atoms with Crippen LogP contribution in [-0.4, -0.2) is 24.9 Å². The van der Waals surface area contributed by atoms with Crippen molar-refractivity contribution in [1.82, 2.24) is 24.9 Å². The SMILES string of the molecule is Cc1c(Cl)cnn1Cc1nc(-c2cc3cc(Br)ccc3[nH]c2=O)no1. The third-order valence-electron chi connectivity index (χ3n) is 3.84. The van der Waals surface area contributed by atoms with Gasteiger partial charge in [0, 0.05) is 15.4 Å². The number of H-pyrrole nitrogens is 1. The van der Waals surface area contributed by atoms with Gasteiger partial charge in [-0.25, -0.2) is 0 Å². The van der Waals surface area contributed by atoms with Crippen LogP contribution in [0.15, 0.2) is 44.3 Å². The maximum atomic E-state index is 12.3. The van der Waals surface area contributed by atoms with E-state index in [-0.39, 0.29) is 17.9 Å². The van der Waals surface area contributed by atoms with Gasteiger partial charge in [0.1, 0.15) is 6.54 Å². The summed E-state index contributed by atoms with van der Waals surface area (Å²) in [6, 6.07) is 7.34. The lowest BCUT2D eigenvalue weighted by Crippen LogP contribution is -2.09. The molecule has 0 aliphatic rings. The third-order valence-corrected chi connectivity index (χ3v) is 4.71. The van der Waals surface area contributed by atoms with E-state index in [0.29, 0.717) is 16.5 Å². The van der Waals surface area contributed by atoms with Crippen LogP contribution in [0.2, 0.25) is 5.02 Å². The van der Waals surface area contributed by atoms with Gasteiger partial charge >= 0.3 is 0 Å². The molecule has 0 saturated carbocycles. The molecule has 126 valence electrons. The van der Waals surface area contributed by atoms with Crippen molar-refractivity contribution in [2.45, 2.75) is 13.5 Å². The molecule has 0 fully saturated rings. The Bertz CT molecular complexity index is 1150. The molecular weight excluding hydrogens is 410 g/mol. The summed E-state index contributed by atoms with van der Waals surface area (Å²) in [4.78, 5) is 19.4. The van der Waals surface area contributed by atoms with Crippen LogP contribution < -0.4 is 5.56 Å². The van der Waals surface area contributed by atoms with E-state index >= 15 is 0 Å². The molecule has 4 aromatic rings. The Morgan fingerprint density at radius 3 is 2.96 bits per heavy atom. The predicted molar refractivity (Wildman–Crippen MR) is 96.6 cm³/mol. The fourth-order valence-electron chi connectivity index (χ4n) is 2.48. The van der Waals surface area contributed by atoms with E-state index < -0.39 is 0 Å². The topological polar surface area (TPSA) is 89.6 Å². The highest BCUT2D eigenvalue weighted by molar-refractivity contribution is 9.10. The lowest BCUT2D eigenvalue weighted by atomic mass is 10.1. The second kappa shape index (κ2) is 6.12. The molecule has 0 aliphatic carbocycles. The zero-order chi connectivity index (χ0) is 17.6. The molecule has 3 aromatic heterocycles. The van der Waals surface area contributed by atoms with E-state index in [1.807, 2.05) is 25.1 Å². The number of fused-ring (bicyclic) bond motifs is 1. The van der Waals surface area contributed by atoms with Crippen LogP contribution in [0.3, 0.4) is 0 Å². The van der Waals surface area contributed by atoms with Gasteiger partial charge in [0.15, 0.2) is 0 Å². The van der Waals surface area contributed by atoms with E-state index in [2.05, 4.69) is 36.2 Å². The third kappa shape index (κ3) is 2.98. The number of rotatable bonds is 3. The molecule has 4 rings (SSSR count). The van der Waals surface area contributed by atoms with E-state index in [0.717, 1.165) is 21.1 Å². The maximum absolute atomic E-state index is 12.3. The highest BCUT2D eigenvalue weighted by Gasteiger charge is 2.15. The van der Waals surface area contributed by atoms with Crippen molar-refractivity contribution in [3.8, 4) is 11.4 Å². The number of hydrogen-bond donors (Lipinski definition) is 1. The molecule has 0 bridgehead atoms. The molecule has 0 saturated heterocycles. The highest BCUT2D eigenvalue weighted by atomic mass is 79.9. The molecule has 0 radical (unpaired) electrons. The van der Waals surface area contributed by atoms with Gasteiger partial charge in [0.2, 0.25) is 11.7 Å². The van der Waals surface area contributed by atoms with Crippen molar-refractivity contribution in [2.75, 3.05) is 0 Å². The zero-order valence-corrected chi connectivity index (χ0v) is 15.3. The second-order valence-electron chi connectivity index (χ2n) is 5.49. The Balaban J connectivity index is 1.72. The molecule has 9 heteroatoms. The van der Waals surface area contributed by atoms with E-state index in [1.54, 1.807) is 16.9 Å². The summed E-state index contributed by atoms with van der Waals surface area (Å²) in [5, 5.41) is 9.49. The molecule has 0 atom stereocenters. The second-order valence-corrected chi connectivity index (χ2v) is 6.81. The summed E-state index contributed by atoms with van der Waals surface area (Å²) in [6.45, 7) is 2.13. The van der Waals surface area contributed by atoms with Crippen LogP contribution in [0, 0.1) is 6.92 Å². The van der Waals surface area contributed by atoms with Gasteiger partial charge in [-0.05, 0) is 31.2 Å². The van der Waals surface area contributed by atoms with Crippen LogP contribution in [0.1, 0.15) is 11.6 Å². The maximum Gasteiger partial charge on any atom is 0.259 e. The van der Waals surface area contributed by atoms with Crippen LogP contribution in [0.5, 0.6) is 0 Å². The van der Waals surface area contributed by atoms with Crippen molar-refractivity contribution in [1.29, 1.82) is 0 Å². The molecule has 1 N–H and O–H groups in total. The van der Waals surface area contributed by atoms with Gasteiger partial charge in [-0.15, -0.1) is 0 Å². The fraction of sp³-hybridized carbons (Fsp3) is 0.125. The molecule has 7 nitrogen and oxygen atoms in total. The Morgan fingerprint density at radius 1 is 1.36 bits per heavy atom. The van der Waals surface area contributed by atoms with Crippen molar-refractivity contribution in [2.24, 2.45) is 0 Å². The van der Waals surface area contributed by atoms with E-state index in [9.17, 15) is 4.79 Å². The monoisotopic (exact) mass is 419 g/mol. The number of benzene rings is 1. The molecule has 1 aromatic carbocycles. The van der Waals surface area contributed by atoms with Crippen molar-refractivity contribution in [3.63, 3.8) is 0 Å². The summed E-state index contributed by atoms with van der Waals surface area (Å²) in [5.74, 6) is 0.570. The van der Waals surface area contributed by atoms with Crippen LogP contribution >= 0.6 is 27.5 Å². The summed E-state index contributed by atoms with van der Waals surface area (Å²) < 4.78 is 7.82. The first-order chi connectivity index (χ1) is 12.0. The number of aromatic amines is 1. The van der Waals surface area contributed by atoms with Crippen molar-refractivity contribution < 1.29 is 4.52 Å². The lowest BCUT2D eigenvalue weighted by Gasteiger charge is -2.01. The summed E-state index contributed by atoms with van der Waals surface area (Å²) in [7, 11) is 0. The standard InChI is InChI=1S/C16H11BrClN5O2/c1-8-12(18)6-19-23(8)7-14-21-15(22-25-14)11-5-9-4-10(17)2-3-13(9)20-16(11)24/h2-6H,7H2,1H3,(H,20,24). The molecule has 0 amide bonds. The minimum Gasteiger partial charge on any atom is -0.337 e. The fourth-order valence-corrected chi connectivity index (χ4v) is 3.00. The molecule has 0 spiro atoms. The normalized spacial score (nSPS) is 11.3. The average molecular weight is 421 g/mol. The summed E-state index contributed by atoms with van der Waals surface area (Å²) in [6.07, 6.45) is 1.56. The van der Waals surface area contributed by atoms with Crippen molar-refractivity contribution in [3.05, 3.63) is 61.9 Å². The molecular formula is C16H11BrClN5O2. The summed E-state index contributed by atoms with van der Waals surface area (Å²) in [5.41, 5.74) is 1.61. The first-order valence-corrected chi connectivity index (χ1v) is 8.52. The average Bonchev–Trinajstić information content (AvgIpc) is 3.17. The van der Waals surface area contributed by atoms with E-state index in [4.69, 9.17) is 16.1 Å². The number of halogens is 2. The first-order valence-electron chi connectivity index (χ1n) is 7.35. The van der Waals surface area contributed by atoms with Gasteiger partial charge < -0.3 is 9.51 Å². The number of nitrogens with zero attached hydrogens (tertiary/aromatic N) is 4. The minimum absolute atomic E-state index is 0.231. The highest BCUT2D eigenvalue weighted by Crippen LogP contribution is 2.21. The number of pyridine rings is 1. The predicted octanol–water partition coefficient (Wildman–Crippen LogP) is 3.55. The Labute approximate surface area is 154 Å². The zero-order valence-electron chi connectivity index (χ0n) is 13.0. The lowest BCUT2D eigenvalue weighted by molar-refractivity contribution is 0.365.